The molecule has 9 heterocycles. The average Bonchev–Trinajstić information content (AvgIpc) is 0.761. The lowest BCUT2D eigenvalue weighted by Gasteiger charge is -2.53. The van der Waals surface area contributed by atoms with Gasteiger partial charge in [-0.1, -0.05) is 0 Å². The summed E-state index contributed by atoms with van der Waals surface area (Å²) in [7, 11) is 0. The number of carbonyl (C=O) groups excluding carboxylic acids is 2. The molecule has 9 rings (SSSR count). The molecular formula is C58H98N2O43. The second-order valence-electron chi connectivity index (χ2n) is 26.6. The highest BCUT2D eigenvalue weighted by molar-refractivity contribution is 5.73. The average molecular weight is 1510 g/mol. The molecule has 0 radical (unpaired) electrons. The van der Waals surface area contributed by atoms with Crippen LogP contribution < -0.4 is 10.6 Å². The van der Waals surface area contributed by atoms with Crippen molar-refractivity contribution in [3.63, 3.8) is 0 Å². The first-order valence-corrected chi connectivity index (χ1v) is 33.2. The quantitative estimate of drug-likeness (QED) is 0.0427. The fourth-order valence-corrected chi connectivity index (χ4v) is 13.6. The summed E-state index contributed by atoms with van der Waals surface area (Å²) in [5, 5.41) is 270. The van der Waals surface area contributed by atoms with E-state index in [-0.39, 0.29) is 0 Å². The van der Waals surface area contributed by atoms with Crippen molar-refractivity contribution in [2.75, 3.05) is 39.6 Å². The highest BCUT2D eigenvalue weighted by atomic mass is 16.8. The van der Waals surface area contributed by atoms with Crippen LogP contribution in [0.25, 0.3) is 0 Å². The zero-order valence-corrected chi connectivity index (χ0v) is 55.7. The van der Waals surface area contributed by atoms with E-state index in [0.29, 0.717) is 0 Å². The zero-order chi connectivity index (χ0) is 75.8. The Bertz CT molecular complexity index is 2660. The van der Waals surface area contributed by atoms with E-state index < -0.39 is 328 Å². The second kappa shape index (κ2) is 36.0. The molecule has 598 valence electrons. The fraction of sp³-hybridized carbons (Fsp3) is 0.966. The summed E-state index contributed by atoms with van der Waals surface area (Å²) in [6.45, 7) is -1.11. The summed E-state index contributed by atoms with van der Waals surface area (Å²) in [5.74, 6) is -1.98. The van der Waals surface area contributed by atoms with Crippen molar-refractivity contribution in [2.24, 2.45) is 0 Å². The maximum atomic E-state index is 13.5. The molecule has 45 atom stereocenters. The molecule has 9 fully saturated rings. The summed E-state index contributed by atoms with van der Waals surface area (Å²) >= 11 is 0. The van der Waals surface area contributed by atoms with Crippen LogP contribution in [0.15, 0.2) is 0 Å². The molecule has 45 nitrogen and oxygen atoms in total. The second-order valence-corrected chi connectivity index (χ2v) is 26.6. The van der Waals surface area contributed by atoms with Crippen LogP contribution >= 0.6 is 0 Å². The Balaban J connectivity index is 1.06. The number of aliphatic hydroxyl groups excluding tert-OH is 24. The van der Waals surface area contributed by atoms with Gasteiger partial charge in [0.1, 0.15) is 201 Å². The van der Waals surface area contributed by atoms with E-state index in [9.17, 15) is 132 Å². The summed E-state index contributed by atoms with van der Waals surface area (Å²) in [5.41, 5.74) is 0. The van der Waals surface area contributed by atoms with E-state index in [2.05, 4.69) is 10.6 Å². The highest BCUT2D eigenvalue weighted by Gasteiger charge is 2.62. The van der Waals surface area contributed by atoms with Gasteiger partial charge in [0.25, 0.3) is 0 Å². The molecule has 0 aromatic heterocycles. The maximum absolute atomic E-state index is 13.5. The Morgan fingerprint density at radius 2 is 0.524 bits per heavy atom. The van der Waals surface area contributed by atoms with Crippen LogP contribution in [0.5, 0.6) is 0 Å². The molecule has 0 spiro atoms. The van der Waals surface area contributed by atoms with Crippen LogP contribution in [-0.2, 0) is 90.1 Å². The number of ether oxygens (including phenoxy) is 17. The van der Waals surface area contributed by atoms with Crippen molar-refractivity contribution in [2.45, 2.75) is 311 Å². The lowest BCUT2D eigenvalue weighted by atomic mass is 9.93. The topological polar surface area (TPSA) is 701 Å². The van der Waals surface area contributed by atoms with E-state index in [4.69, 9.17) is 80.5 Å². The van der Waals surface area contributed by atoms with Crippen molar-refractivity contribution in [1.29, 1.82) is 0 Å². The van der Waals surface area contributed by atoms with Gasteiger partial charge >= 0.3 is 0 Å². The summed E-state index contributed by atoms with van der Waals surface area (Å²) in [6.07, 6.45) is -86.2. The van der Waals surface area contributed by atoms with Gasteiger partial charge in [0.2, 0.25) is 11.8 Å². The molecule has 0 aliphatic carbocycles. The van der Waals surface area contributed by atoms with Gasteiger partial charge in [-0.3, -0.25) is 9.59 Å². The van der Waals surface area contributed by atoms with Crippen LogP contribution in [0, 0.1) is 0 Å². The van der Waals surface area contributed by atoms with E-state index >= 15 is 0 Å². The molecular weight excluding hydrogens is 1410 g/mol. The van der Waals surface area contributed by atoms with E-state index in [0.717, 1.165) is 13.8 Å². The molecule has 18 unspecified atom stereocenters. The van der Waals surface area contributed by atoms with Gasteiger partial charge < -0.3 is 214 Å². The number of aliphatic hydroxyl groups is 24. The first-order valence-electron chi connectivity index (χ1n) is 33.2. The normalized spacial score (nSPS) is 52.3. The molecule has 45 heteroatoms. The van der Waals surface area contributed by atoms with Crippen molar-refractivity contribution in [3.8, 4) is 0 Å². The smallest absolute Gasteiger partial charge is 0.217 e. The lowest BCUT2D eigenvalue weighted by molar-refractivity contribution is -0.404. The van der Waals surface area contributed by atoms with Gasteiger partial charge in [-0.25, -0.2) is 0 Å². The molecule has 9 aliphatic heterocycles. The third-order valence-electron chi connectivity index (χ3n) is 19.5. The monoisotopic (exact) mass is 1510 g/mol. The van der Waals surface area contributed by atoms with E-state index in [1.807, 2.05) is 0 Å². The molecule has 0 aromatic rings. The Morgan fingerprint density at radius 3 is 0.883 bits per heavy atom. The van der Waals surface area contributed by atoms with Gasteiger partial charge in [-0.05, 0) is 20.8 Å². The first-order chi connectivity index (χ1) is 48.6. The Morgan fingerprint density at radius 1 is 0.252 bits per heavy atom. The summed E-state index contributed by atoms with van der Waals surface area (Å²) < 4.78 is 102. The SMILES string of the molecule is CC(=O)NC1[C@H](O[C@@H]2C(O)[C@H](O[C@@H]3C(CO)O[C@@H](O)C(O)[C@H]3O)OC(CO)[C@@H]2O)OC(CO)[C@@H](O[C@@H]2O[C@@H](CO)[C@H](O)C(O[C@@H]3OC(CO)[C@@H](O[C@@H]4O[C@@H](CO)[C@H](O)C(O)C4O[C@@H]4O[C@@H](C)[C@@H](O)C(O)C4O)[C@H](O[C@@H]4OC(C)[C@@H](O)[C@H](O)C4O)C3NC(C)=O)C2O)[C@@H]1O[C@@H]1OC(C)[C@@H](O)[C@H](O)C1O. The number of carbonyl (C=O) groups is 2. The van der Waals surface area contributed by atoms with E-state index in [1.54, 1.807) is 0 Å². The molecule has 103 heavy (non-hydrogen) atoms. The van der Waals surface area contributed by atoms with Gasteiger partial charge in [0.05, 0.1) is 58.0 Å². The number of amides is 2. The van der Waals surface area contributed by atoms with Gasteiger partial charge in [-0.2, -0.15) is 0 Å². The standard InChI is InChI=1S/C58H98N2O43/c1-12-25(69)31(75)37(81)53(87-12)99-45-23(59-15(4)67)51(101-47-29(73)18(7-62)91-56(40(47)84)96-42-20(9-64)90-50(86)36(80)35(42)79)94-21(10-65)43(45)97-57-41(85)48(30(74)19(8-63)92-57)102-52-24(60-16(5)68)46(100-54-38(82)32(76)26(70)13(2)88-54)44(22(11-66)95-52)98-58-49(34(78)28(72)17(6-61)93-58)103-55-39(83)33(77)27(71)14(3)89-55/h12-14,17-58,61-66,69-86H,6-11H2,1-5H3,(H,59,67)(H,60,68)/t12?,13?,14-,17-,18?,19-,20?,21?,22?,23?,24?,25+,26+,27+,28-,29-,30-,31-,32-,33?,34?,35+,36?,37?,38?,39?,40?,41?,42+,43+,44+,45+,46+,47-,48?,49?,50+,51-,52-,53-,54-,55-,56-,57-,58-/m0/s1. The van der Waals surface area contributed by atoms with Crippen LogP contribution in [0.2, 0.25) is 0 Å². The minimum atomic E-state index is -2.48. The lowest BCUT2D eigenvalue weighted by Crippen LogP contribution is -2.72. The van der Waals surface area contributed by atoms with Gasteiger partial charge in [-0.15, -0.1) is 0 Å². The van der Waals surface area contributed by atoms with Gasteiger partial charge in [0, 0.05) is 13.8 Å². The molecule has 26 N–H and O–H groups in total. The van der Waals surface area contributed by atoms with Gasteiger partial charge in [0.15, 0.2) is 56.6 Å². The van der Waals surface area contributed by atoms with Crippen LogP contribution in [-0.4, -0.2) is 450 Å². The Labute approximate surface area is 584 Å². The predicted molar refractivity (Wildman–Crippen MR) is 316 cm³/mol. The van der Waals surface area contributed by atoms with Crippen molar-refractivity contribution in [1.82, 2.24) is 10.6 Å². The minimum absolute atomic E-state index is 0.936. The number of nitrogens with one attached hydrogen (secondary N) is 2. The summed E-state index contributed by atoms with van der Waals surface area (Å²) in [6, 6.07) is -4.02. The molecule has 9 aliphatic rings. The van der Waals surface area contributed by atoms with Crippen LogP contribution in [0.3, 0.4) is 0 Å². The highest BCUT2D eigenvalue weighted by Crippen LogP contribution is 2.41. The van der Waals surface area contributed by atoms with Crippen molar-refractivity contribution < 1.29 is 213 Å². The Hall–Kier alpha value is -2.70. The third kappa shape index (κ3) is 17.9. The number of hydrogen-bond acceptors (Lipinski definition) is 43. The third-order valence-corrected chi connectivity index (χ3v) is 19.5. The number of hydrogen-bond donors (Lipinski definition) is 26. The maximum Gasteiger partial charge on any atom is 0.217 e. The van der Waals surface area contributed by atoms with Crippen LogP contribution in [0.1, 0.15) is 34.6 Å². The molecule has 0 bridgehead atoms. The first kappa shape index (κ1) is 84.3. The zero-order valence-electron chi connectivity index (χ0n) is 55.7. The number of rotatable bonds is 24. The molecule has 2 amide bonds. The minimum Gasteiger partial charge on any atom is -0.394 e. The van der Waals surface area contributed by atoms with Crippen molar-refractivity contribution in [3.05, 3.63) is 0 Å². The Kier molecular flexibility index (Phi) is 29.5. The fourth-order valence-electron chi connectivity index (χ4n) is 13.6. The predicted octanol–water partition coefficient (Wildman–Crippen LogP) is -17.3. The molecule has 0 aromatic carbocycles. The van der Waals surface area contributed by atoms with Crippen LogP contribution in [0.4, 0.5) is 0 Å². The van der Waals surface area contributed by atoms with Crippen molar-refractivity contribution >= 4 is 11.8 Å². The van der Waals surface area contributed by atoms with E-state index in [1.165, 1.54) is 20.8 Å². The molecule has 9 saturated heterocycles. The largest absolute Gasteiger partial charge is 0.394 e. The summed E-state index contributed by atoms with van der Waals surface area (Å²) in [4.78, 5) is 26.9. The molecule has 0 saturated carbocycles.